The van der Waals surface area contributed by atoms with Crippen LogP contribution >= 0.6 is 0 Å². The molecule has 0 aliphatic carbocycles. The number of hydrogen-bond donors (Lipinski definition) is 0. The Balaban J connectivity index is 2.22. The fourth-order valence-electron chi connectivity index (χ4n) is 2.18. The second-order valence-corrected chi connectivity index (χ2v) is 3.94. The zero-order chi connectivity index (χ0) is 8.11. The first kappa shape index (κ1) is 7.49. The van der Waals surface area contributed by atoms with E-state index in [9.17, 15) is 10.4 Å². The van der Waals surface area contributed by atoms with Gasteiger partial charge in [0.2, 0.25) is 0 Å². The Hall–Kier alpha value is -0.160. The SMILES string of the molecule is CC1C[N+]2([O-])CC[N+]1([O-])CC2. The summed E-state index contributed by atoms with van der Waals surface area (Å²) in [4.78, 5) is 0. The Bertz CT molecular complexity index is 175. The first-order chi connectivity index (χ1) is 5.04. The predicted octanol–water partition coefficient (Wildman–Crippen LogP) is 0.0313. The summed E-state index contributed by atoms with van der Waals surface area (Å²) in [6, 6.07) is 0.0231. The molecule has 3 fully saturated rings. The fraction of sp³-hybridized carbons (Fsp3) is 1.00. The van der Waals surface area contributed by atoms with Crippen molar-refractivity contribution in [3.05, 3.63) is 10.4 Å². The largest absolute Gasteiger partial charge is 0.632 e. The summed E-state index contributed by atoms with van der Waals surface area (Å²) in [6.07, 6.45) is 0. The molecule has 1 atom stereocenters. The molecule has 11 heavy (non-hydrogen) atoms. The van der Waals surface area contributed by atoms with Gasteiger partial charge in [-0.05, 0) is 6.92 Å². The van der Waals surface area contributed by atoms with Gasteiger partial charge in [-0.15, -0.1) is 0 Å². The minimum Gasteiger partial charge on any atom is -0.632 e. The van der Waals surface area contributed by atoms with E-state index in [4.69, 9.17) is 0 Å². The summed E-state index contributed by atoms with van der Waals surface area (Å²) in [5.74, 6) is 0. The van der Waals surface area contributed by atoms with E-state index in [1.807, 2.05) is 6.92 Å². The summed E-state index contributed by atoms with van der Waals surface area (Å²) >= 11 is 0. The third-order valence-corrected chi connectivity index (χ3v) is 3.17. The smallest absolute Gasteiger partial charge is 0.136 e. The molecule has 3 saturated heterocycles. The van der Waals surface area contributed by atoms with Crippen molar-refractivity contribution in [3.8, 4) is 0 Å². The van der Waals surface area contributed by atoms with Gasteiger partial charge in [-0.2, -0.15) is 0 Å². The molecule has 4 heteroatoms. The molecule has 0 aromatic heterocycles. The van der Waals surface area contributed by atoms with E-state index >= 15 is 0 Å². The predicted molar refractivity (Wildman–Crippen MR) is 41.1 cm³/mol. The molecule has 3 heterocycles. The second kappa shape index (κ2) is 1.95. The average molecular weight is 158 g/mol. The normalized spacial score (nSPS) is 56.5. The molecule has 0 N–H and O–H groups in total. The average Bonchev–Trinajstić information content (AvgIpc) is 1.94. The molecule has 3 aliphatic heterocycles. The highest BCUT2D eigenvalue weighted by Gasteiger charge is 2.44. The highest BCUT2D eigenvalue weighted by Crippen LogP contribution is 2.28. The van der Waals surface area contributed by atoms with Crippen molar-refractivity contribution < 1.29 is 9.29 Å². The van der Waals surface area contributed by atoms with Crippen molar-refractivity contribution >= 4 is 0 Å². The number of quaternary nitrogens is 2. The standard InChI is InChI=1S/C7H14N2O2/c1-7-6-8(10)2-4-9(7,11)5-3-8/h7H,2-6H2,1H3. The minimum absolute atomic E-state index is 0.0231. The van der Waals surface area contributed by atoms with Crippen LogP contribution in [0.3, 0.4) is 0 Å². The van der Waals surface area contributed by atoms with Crippen LogP contribution in [0.2, 0.25) is 0 Å². The quantitative estimate of drug-likeness (QED) is 0.369. The number of piperazine rings is 3. The Morgan fingerprint density at radius 2 is 1.64 bits per heavy atom. The molecule has 1 unspecified atom stereocenters. The van der Waals surface area contributed by atoms with Gasteiger partial charge < -0.3 is 19.7 Å². The number of nitrogens with zero attached hydrogens (tertiary/aromatic N) is 2. The lowest BCUT2D eigenvalue weighted by Crippen LogP contribution is -2.74. The molecule has 64 valence electrons. The van der Waals surface area contributed by atoms with Gasteiger partial charge in [0.1, 0.15) is 38.8 Å². The minimum atomic E-state index is -0.109. The number of hydrogen-bond acceptors (Lipinski definition) is 2. The summed E-state index contributed by atoms with van der Waals surface area (Å²) in [6.45, 7) is 4.57. The van der Waals surface area contributed by atoms with Crippen LogP contribution in [0.25, 0.3) is 0 Å². The van der Waals surface area contributed by atoms with Crippen LogP contribution in [-0.2, 0) is 0 Å². The van der Waals surface area contributed by atoms with Crippen LogP contribution in [0.5, 0.6) is 0 Å². The van der Waals surface area contributed by atoms with E-state index in [1.165, 1.54) is 0 Å². The van der Waals surface area contributed by atoms with E-state index in [1.54, 1.807) is 0 Å². The van der Waals surface area contributed by atoms with Crippen LogP contribution in [0.15, 0.2) is 0 Å². The van der Waals surface area contributed by atoms with Gasteiger partial charge in [-0.1, -0.05) is 0 Å². The zero-order valence-electron chi connectivity index (χ0n) is 6.82. The Morgan fingerprint density at radius 3 is 2.00 bits per heavy atom. The van der Waals surface area contributed by atoms with Crippen molar-refractivity contribution in [1.82, 2.24) is 0 Å². The van der Waals surface area contributed by atoms with Crippen molar-refractivity contribution in [2.45, 2.75) is 13.0 Å². The Labute approximate surface area is 66.4 Å². The second-order valence-electron chi connectivity index (χ2n) is 3.94. The van der Waals surface area contributed by atoms with Gasteiger partial charge in [-0.25, -0.2) is 0 Å². The van der Waals surface area contributed by atoms with E-state index in [0.29, 0.717) is 32.7 Å². The van der Waals surface area contributed by atoms with Crippen LogP contribution in [0.1, 0.15) is 6.92 Å². The zero-order valence-corrected chi connectivity index (χ0v) is 6.82. The molecular formula is C7H14N2O2. The van der Waals surface area contributed by atoms with Crippen LogP contribution < -0.4 is 0 Å². The lowest BCUT2D eigenvalue weighted by Gasteiger charge is -2.63. The van der Waals surface area contributed by atoms with Crippen molar-refractivity contribution in [1.29, 1.82) is 0 Å². The summed E-state index contributed by atoms with van der Waals surface area (Å²) in [5.41, 5.74) is 0. The Kier molecular flexibility index (Phi) is 1.33. The third kappa shape index (κ3) is 0.980. The lowest BCUT2D eigenvalue weighted by molar-refractivity contribution is -1.05. The van der Waals surface area contributed by atoms with Crippen molar-refractivity contribution in [2.24, 2.45) is 0 Å². The number of hydroxylamine groups is 6. The van der Waals surface area contributed by atoms with Gasteiger partial charge in [0.05, 0.1) is 0 Å². The van der Waals surface area contributed by atoms with E-state index in [2.05, 4.69) is 0 Å². The van der Waals surface area contributed by atoms with Gasteiger partial charge in [0, 0.05) is 0 Å². The number of fused-ring (bicyclic) bond motifs is 3. The maximum atomic E-state index is 11.8. The van der Waals surface area contributed by atoms with E-state index < -0.39 is 0 Å². The van der Waals surface area contributed by atoms with Gasteiger partial charge in [0.15, 0.2) is 0 Å². The summed E-state index contributed by atoms with van der Waals surface area (Å²) in [5, 5.41) is 23.5. The van der Waals surface area contributed by atoms with Crippen LogP contribution in [0.4, 0.5) is 0 Å². The monoisotopic (exact) mass is 158 g/mol. The van der Waals surface area contributed by atoms with Crippen LogP contribution in [-0.4, -0.2) is 48.1 Å². The molecule has 0 spiro atoms. The summed E-state index contributed by atoms with van der Waals surface area (Å²) < 4.78 is -0.217. The molecule has 0 aromatic rings. The van der Waals surface area contributed by atoms with Gasteiger partial charge in [0.25, 0.3) is 0 Å². The molecule has 0 aromatic carbocycles. The Morgan fingerprint density at radius 1 is 1.09 bits per heavy atom. The lowest BCUT2D eigenvalue weighted by atomic mass is 10.1. The maximum Gasteiger partial charge on any atom is 0.136 e. The molecule has 3 rings (SSSR count). The molecule has 0 saturated carbocycles. The third-order valence-electron chi connectivity index (χ3n) is 3.17. The highest BCUT2D eigenvalue weighted by atomic mass is 16.6. The van der Waals surface area contributed by atoms with Gasteiger partial charge in [-0.3, -0.25) is 0 Å². The first-order valence-corrected chi connectivity index (χ1v) is 4.19. The molecule has 0 radical (unpaired) electrons. The van der Waals surface area contributed by atoms with Gasteiger partial charge >= 0.3 is 0 Å². The molecule has 3 aliphatic rings. The molecular weight excluding hydrogens is 144 g/mol. The van der Waals surface area contributed by atoms with Crippen LogP contribution in [0, 0.1) is 10.4 Å². The maximum absolute atomic E-state index is 11.8. The van der Waals surface area contributed by atoms with E-state index in [-0.39, 0.29) is 15.3 Å². The number of rotatable bonds is 0. The first-order valence-electron chi connectivity index (χ1n) is 4.19. The van der Waals surface area contributed by atoms with Crippen molar-refractivity contribution in [3.63, 3.8) is 0 Å². The topological polar surface area (TPSA) is 46.1 Å². The van der Waals surface area contributed by atoms with Crippen molar-refractivity contribution in [2.75, 3.05) is 32.7 Å². The highest BCUT2D eigenvalue weighted by molar-refractivity contribution is 4.68. The van der Waals surface area contributed by atoms with E-state index in [0.717, 1.165) is 0 Å². The molecule has 0 amide bonds. The fourth-order valence-corrected chi connectivity index (χ4v) is 2.18. The molecule has 4 nitrogen and oxygen atoms in total. The summed E-state index contributed by atoms with van der Waals surface area (Å²) in [7, 11) is 0. The molecule has 2 bridgehead atoms.